The fourth-order valence-electron chi connectivity index (χ4n) is 3.22. The van der Waals surface area contributed by atoms with Gasteiger partial charge < -0.3 is 21.3 Å². The molecule has 24 heavy (non-hydrogen) atoms. The molecular formula is C15H21N5O3S. The highest BCUT2D eigenvalue weighted by molar-refractivity contribution is 7.13. The van der Waals surface area contributed by atoms with Crippen LogP contribution in [-0.4, -0.2) is 53.3 Å². The number of amides is 3. The lowest BCUT2D eigenvalue weighted by Gasteiger charge is -2.33. The zero-order chi connectivity index (χ0) is 17.1. The molecule has 9 heteroatoms. The quantitative estimate of drug-likeness (QED) is 0.707. The molecule has 1 aliphatic carbocycles. The van der Waals surface area contributed by atoms with Crippen LogP contribution in [0.25, 0.3) is 0 Å². The summed E-state index contributed by atoms with van der Waals surface area (Å²) in [6.45, 7) is 1.25. The second kappa shape index (κ2) is 7.16. The van der Waals surface area contributed by atoms with E-state index in [4.69, 9.17) is 5.73 Å². The number of carbonyl (C=O) groups excluding carboxylic acids is 3. The third kappa shape index (κ3) is 3.84. The van der Waals surface area contributed by atoms with Gasteiger partial charge >= 0.3 is 0 Å². The molecule has 1 aromatic heterocycles. The molecule has 1 aliphatic heterocycles. The summed E-state index contributed by atoms with van der Waals surface area (Å²) in [4.78, 5) is 41.6. The van der Waals surface area contributed by atoms with Crippen LogP contribution >= 0.6 is 11.3 Å². The van der Waals surface area contributed by atoms with Gasteiger partial charge in [-0.3, -0.25) is 14.4 Å². The molecule has 8 nitrogen and oxygen atoms in total. The van der Waals surface area contributed by atoms with Crippen molar-refractivity contribution in [3.8, 4) is 0 Å². The Hall–Kier alpha value is -2.16. The number of aromatic nitrogens is 1. The molecule has 2 fully saturated rings. The molecule has 3 amide bonds. The fraction of sp³-hybridized carbons (Fsp3) is 0.600. The molecule has 0 radical (unpaired) electrons. The Morgan fingerprint density at radius 3 is 2.71 bits per heavy atom. The van der Waals surface area contributed by atoms with Gasteiger partial charge in [-0.1, -0.05) is 0 Å². The van der Waals surface area contributed by atoms with E-state index in [0.717, 1.165) is 25.7 Å². The predicted octanol–water partition coefficient (Wildman–Crippen LogP) is -0.0277. The number of nitrogen functional groups attached to an aromatic ring is 1. The minimum atomic E-state index is -0.217. The summed E-state index contributed by atoms with van der Waals surface area (Å²) in [5.41, 5.74) is 5.88. The monoisotopic (exact) mass is 351 g/mol. The van der Waals surface area contributed by atoms with Crippen molar-refractivity contribution in [2.24, 2.45) is 5.92 Å². The number of thiazole rings is 1. The number of nitrogens with two attached hydrogens (primary N) is 1. The lowest BCUT2D eigenvalue weighted by molar-refractivity contribution is -0.142. The van der Waals surface area contributed by atoms with Crippen molar-refractivity contribution in [3.63, 3.8) is 0 Å². The van der Waals surface area contributed by atoms with Crippen LogP contribution < -0.4 is 16.4 Å². The standard InChI is InChI=1S/C15H21N5O3S/c16-15-19-11(8-24-15)13(22)18-10-3-1-9(2-4-10)14(23)20-6-5-17-12(21)7-20/h8-10H,1-7H2,(H2,16,19)(H,17,21)(H,18,22). The average Bonchev–Trinajstić information content (AvgIpc) is 3.01. The summed E-state index contributed by atoms with van der Waals surface area (Å²) in [5.74, 6) is -0.315. The SMILES string of the molecule is Nc1nc(C(=O)NC2CCC(C(=O)N3CCNC(=O)C3)CC2)cs1. The van der Waals surface area contributed by atoms with Crippen LogP contribution in [0.3, 0.4) is 0 Å². The second-order valence-corrected chi connectivity index (χ2v) is 7.09. The first-order valence-electron chi connectivity index (χ1n) is 8.10. The Balaban J connectivity index is 1.47. The van der Waals surface area contributed by atoms with Gasteiger partial charge in [0, 0.05) is 30.4 Å². The molecule has 4 N–H and O–H groups in total. The molecule has 0 aromatic carbocycles. The first-order chi connectivity index (χ1) is 11.5. The van der Waals surface area contributed by atoms with Gasteiger partial charge in [-0.05, 0) is 25.7 Å². The van der Waals surface area contributed by atoms with Gasteiger partial charge in [0.15, 0.2) is 5.13 Å². The van der Waals surface area contributed by atoms with Crippen LogP contribution in [0, 0.1) is 5.92 Å². The molecule has 3 rings (SSSR count). The number of nitrogens with one attached hydrogen (secondary N) is 2. The maximum atomic E-state index is 12.5. The Morgan fingerprint density at radius 1 is 1.33 bits per heavy atom. The molecule has 1 saturated heterocycles. The number of carbonyl (C=O) groups is 3. The third-order valence-electron chi connectivity index (χ3n) is 4.52. The zero-order valence-electron chi connectivity index (χ0n) is 13.3. The van der Waals surface area contributed by atoms with Crippen molar-refractivity contribution < 1.29 is 14.4 Å². The van der Waals surface area contributed by atoms with E-state index in [2.05, 4.69) is 15.6 Å². The number of hydrogen-bond donors (Lipinski definition) is 3. The van der Waals surface area contributed by atoms with Gasteiger partial charge in [-0.2, -0.15) is 0 Å². The minimum absolute atomic E-state index is 0.0501. The molecule has 0 spiro atoms. The van der Waals surface area contributed by atoms with E-state index in [1.54, 1.807) is 10.3 Å². The first kappa shape index (κ1) is 16.7. The molecular weight excluding hydrogens is 330 g/mol. The number of rotatable bonds is 3. The van der Waals surface area contributed by atoms with Crippen molar-refractivity contribution in [2.75, 3.05) is 25.4 Å². The summed E-state index contributed by atoms with van der Waals surface area (Å²) in [6, 6.07) is 0.0501. The van der Waals surface area contributed by atoms with E-state index in [1.165, 1.54) is 11.3 Å². The number of piperazine rings is 1. The second-order valence-electron chi connectivity index (χ2n) is 6.20. The third-order valence-corrected chi connectivity index (χ3v) is 5.19. The Kier molecular flexibility index (Phi) is 4.98. The maximum Gasteiger partial charge on any atom is 0.271 e. The van der Waals surface area contributed by atoms with Crippen LogP contribution in [0.1, 0.15) is 36.2 Å². The van der Waals surface area contributed by atoms with Crippen molar-refractivity contribution in [2.45, 2.75) is 31.7 Å². The fourth-order valence-corrected chi connectivity index (χ4v) is 3.76. The lowest BCUT2D eigenvalue weighted by Crippen LogP contribution is -2.52. The summed E-state index contributed by atoms with van der Waals surface area (Å²) in [7, 11) is 0. The minimum Gasteiger partial charge on any atom is -0.375 e. The summed E-state index contributed by atoms with van der Waals surface area (Å²) >= 11 is 1.24. The van der Waals surface area contributed by atoms with Crippen molar-refractivity contribution in [3.05, 3.63) is 11.1 Å². The van der Waals surface area contributed by atoms with Crippen LogP contribution in [0.5, 0.6) is 0 Å². The molecule has 1 aromatic rings. The van der Waals surface area contributed by atoms with Gasteiger partial charge in [0.1, 0.15) is 5.69 Å². The van der Waals surface area contributed by atoms with Crippen molar-refractivity contribution in [1.29, 1.82) is 0 Å². The highest BCUT2D eigenvalue weighted by Crippen LogP contribution is 2.26. The number of anilines is 1. The molecule has 0 unspecified atom stereocenters. The van der Waals surface area contributed by atoms with Gasteiger partial charge in [-0.15, -0.1) is 11.3 Å². The van der Waals surface area contributed by atoms with E-state index in [0.29, 0.717) is 23.9 Å². The number of hydrogen-bond acceptors (Lipinski definition) is 6. The van der Waals surface area contributed by atoms with Crippen LogP contribution in [0.2, 0.25) is 0 Å². The molecule has 2 heterocycles. The van der Waals surface area contributed by atoms with Crippen molar-refractivity contribution in [1.82, 2.24) is 20.5 Å². The summed E-state index contributed by atoms with van der Waals surface area (Å²) < 4.78 is 0. The Labute approximate surface area is 143 Å². The summed E-state index contributed by atoms with van der Waals surface area (Å²) in [5, 5.41) is 7.69. The Bertz CT molecular complexity index is 639. The highest BCUT2D eigenvalue weighted by atomic mass is 32.1. The van der Waals surface area contributed by atoms with E-state index in [-0.39, 0.29) is 36.2 Å². The highest BCUT2D eigenvalue weighted by Gasteiger charge is 2.32. The zero-order valence-corrected chi connectivity index (χ0v) is 14.1. The predicted molar refractivity (Wildman–Crippen MR) is 89.3 cm³/mol. The molecule has 0 atom stereocenters. The molecule has 0 bridgehead atoms. The van der Waals surface area contributed by atoms with Crippen molar-refractivity contribution >= 4 is 34.2 Å². The van der Waals surface area contributed by atoms with E-state index < -0.39 is 0 Å². The number of nitrogens with zero attached hydrogens (tertiary/aromatic N) is 2. The normalized spacial score (nSPS) is 24.3. The van der Waals surface area contributed by atoms with Crippen LogP contribution in [0.4, 0.5) is 5.13 Å². The smallest absolute Gasteiger partial charge is 0.271 e. The molecule has 1 saturated carbocycles. The molecule has 2 aliphatic rings. The lowest BCUT2D eigenvalue weighted by atomic mass is 9.85. The van der Waals surface area contributed by atoms with Crippen LogP contribution in [-0.2, 0) is 9.59 Å². The van der Waals surface area contributed by atoms with E-state index in [9.17, 15) is 14.4 Å². The largest absolute Gasteiger partial charge is 0.375 e. The van der Waals surface area contributed by atoms with E-state index in [1.807, 2.05) is 0 Å². The van der Waals surface area contributed by atoms with Gasteiger partial charge in [0.25, 0.3) is 5.91 Å². The Morgan fingerprint density at radius 2 is 2.08 bits per heavy atom. The summed E-state index contributed by atoms with van der Waals surface area (Å²) in [6.07, 6.45) is 2.95. The topological polar surface area (TPSA) is 117 Å². The van der Waals surface area contributed by atoms with Gasteiger partial charge in [-0.25, -0.2) is 4.98 Å². The maximum absolute atomic E-state index is 12.5. The first-order valence-corrected chi connectivity index (χ1v) is 8.98. The molecule has 130 valence electrons. The van der Waals surface area contributed by atoms with E-state index >= 15 is 0 Å². The average molecular weight is 351 g/mol. The van der Waals surface area contributed by atoms with Crippen LogP contribution in [0.15, 0.2) is 5.38 Å². The van der Waals surface area contributed by atoms with Gasteiger partial charge in [0.2, 0.25) is 11.8 Å². The van der Waals surface area contributed by atoms with Gasteiger partial charge in [0.05, 0.1) is 6.54 Å².